The van der Waals surface area contributed by atoms with Crippen LogP contribution in [0.4, 0.5) is 11.5 Å². The Morgan fingerprint density at radius 2 is 1.61 bits per heavy atom. The molecule has 0 aliphatic carbocycles. The number of nitrogens with one attached hydrogen (secondary N) is 1. The van der Waals surface area contributed by atoms with Crippen molar-refractivity contribution in [1.29, 1.82) is 0 Å². The van der Waals surface area contributed by atoms with Crippen molar-refractivity contribution in [3.8, 4) is 22.6 Å². The molecule has 0 spiro atoms. The van der Waals surface area contributed by atoms with E-state index >= 15 is 0 Å². The fraction of sp³-hybridized carbons (Fsp3) is 0.304. The predicted molar refractivity (Wildman–Crippen MR) is 119 cm³/mol. The average molecular weight is 422 g/mol. The lowest BCUT2D eigenvalue weighted by molar-refractivity contribution is -0.116. The van der Waals surface area contributed by atoms with Crippen molar-refractivity contribution >= 4 is 17.4 Å². The first-order chi connectivity index (χ1) is 15.2. The number of methoxy groups -OCH3 is 2. The summed E-state index contributed by atoms with van der Waals surface area (Å²) in [5, 5.41) is 7.64. The molecule has 2 aromatic carbocycles. The van der Waals surface area contributed by atoms with Gasteiger partial charge in [-0.25, -0.2) is 0 Å². The Morgan fingerprint density at radius 3 is 2.23 bits per heavy atom. The summed E-state index contributed by atoms with van der Waals surface area (Å²) in [5.74, 6) is 2.24. The van der Waals surface area contributed by atoms with Crippen molar-refractivity contribution in [2.75, 3.05) is 50.7 Å². The topological polar surface area (TPSA) is 77.8 Å². The van der Waals surface area contributed by atoms with Gasteiger partial charge in [0.2, 0.25) is 5.91 Å². The fourth-order valence-electron chi connectivity index (χ4n) is 3.50. The first-order valence-corrected chi connectivity index (χ1v) is 10.1. The van der Waals surface area contributed by atoms with E-state index in [1.54, 1.807) is 18.9 Å². The molecule has 1 aliphatic rings. The van der Waals surface area contributed by atoms with Crippen LogP contribution < -0.4 is 19.7 Å². The number of carbonyl (C=O) groups excluding carboxylic acids is 1. The zero-order chi connectivity index (χ0) is 21.6. The van der Waals surface area contributed by atoms with E-state index in [9.17, 15) is 4.79 Å². The number of hydrogen-bond donors (Lipinski definition) is 1. The minimum absolute atomic E-state index is 0.111. The Hall–Kier alpha value is -3.52. The molecular weight excluding hydrogens is 396 g/mol. The molecule has 2 heterocycles. The summed E-state index contributed by atoms with van der Waals surface area (Å²) >= 11 is 0. The summed E-state index contributed by atoms with van der Waals surface area (Å²) in [6, 6.07) is 15.1. The Bertz CT molecular complexity index is 1010. The molecule has 1 aliphatic heterocycles. The van der Waals surface area contributed by atoms with Gasteiger partial charge in [-0.3, -0.25) is 9.48 Å². The van der Waals surface area contributed by atoms with Crippen LogP contribution in [0.2, 0.25) is 0 Å². The fourth-order valence-corrected chi connectivity index (χ4v) is 3.50. The number of ether oxygens (including phenoxy) is 3. The van der Waals surface area contributed by atoms with Gasteiger partial charge in [0.25, 0.3) is 0 Å². The van der Waals surface area contributed by atoms with Gasteiger partial charge in [-0.15, -0.1) is 0 Å². The number of benzene rings is 2. The highest BCUT2D eigenvalue weighted by Crippen LogP contribution is 2.31. The first kappa shape index (κ1) is 20.7. The summed E-state index contributed by atoms with van der Waals surface area (Å²) in [6.45, 7) is 2.95. The van der Waals surface area contributed by atoms with Crippen molar-refractivity contribution < 1.29 is 19.0 Å². The maximum absolute atomic E-state index is 12.6. The number of aromatic nitrogens is 2. The molecule has 0 radical (unpaired) electrons. The van der Waals surface area contributed by atoms with Crippen molar-refractivity contribution in [2.24, 2.45) is 0 Å². The smallest absolute Gasteiger partial charge is 0.246 e. The van der Waals surface area contributed by atoms with Crippen LogP contribution >= 0.6 is 0 Å². The Balaban J connectivity index is 1.55. The van der Waals surface area contributed by atoms with Gasteiger partial charge in [0.1, 0.15) is 18.0 Å². The van der Waals surface area contributed by atoms with Crippen LogP contribution in [-0.2, 0) is 16.1 Å². The number of hydrogen-bond acceptors (Lipinski definition) is 6. The molecule has 0 bridgehead atoms. The van der Waals surface area contributed by atoms with Gasteiger partial charge in [0, 0.05) is 30.5 Å². The summed E-state index contributed by atoms with van der Waals surface area (Å²) in [6.07, 6.45) is 1.92. The normalized spacial score (nSPS) is 13.7. The van der Waals surface area contributed by atoms with Gasteiger partial charge in [-0.05, 0) is 42.0 Å². The van der Waals surface area contributed by atoms with E-state index in [0.717, 1.165) is 41.5 Å². The molecule has 3 aromatic rings. The average Bonchev–Trinajstić information content (AvgIpc) is 3.23. The second kappa shape index (κ2) is 9.53. The third kappa shape index (κ3) is 4.97. The van der Waals surface area contributed by atoms with Crippen LogP contribution in [0.25, 0.3) is 11.1 Å². The predicted octanol–water partition coefficient (Wildman–Crippen LogP) is 3.04. The van der Waals surface area contributed by atoms with Gasteiger partial charge < -0.3 is 24.4 Å². The number of morpholine rings is 1. The molecule has 31 heavy (non-hydrogen) atoms. The van der Waals surface area contributed by atoms with Crippen LogP contribution in [0.1, 0.15) is 0 Å². The monoisotopic (exact) mass is 422 g/mol. The van der Waals surface area contributed by atoms with Crippen molar-refractivity contribution in [3.05, 3.63) is 54.7 Å². The van der Waals surface area contributed by atoms with Crippen molar-refractivity contribution in [3.63, 3.8) is 0 Å². The first-order valence-electron chi connectivity index (χ1n) is 10.1. The van der Waals surface area contributed by atoms with Crippen LogP contribution in [-0.4, -0.2) is 56.2 Å². The van der Waals surface area contributed by atoms with E-state index in [1.807, 2.05) is 54.7 Å². The highest BCUT2D eigenvalue weighted by Gasteiger charge is 2.20. The summed E-state index contributed by atoms with van der Waals surface area (Å²) in [7, 11) is 3.26. The molecule has 8 heteroatoms. The molecule has 8 nitrogen and oxygen atoms in total. The standard InChI is InChI=1S/C23H26N4O4/c1-29-19-7-3-17(4-8-19)21-15-27(25-23(21)26-11-13-31-14-12-26)16-22(28)24-18-5-9-20(30-2)10-6-18/h3-10,15H,11-14,16H2,1-2H3,(H,24,28). The van der Waals surface area contributed by atoms with Gasteiger partial charge in [-0.1, -0.05) is 12.1 Å². The van der Waals surface area contributed by atoms with Crippen LogP contribution in [0.3, 0.4) is 0 Å². The van der Waals surface area contributed by atoms with Gasteiger partial charge in [0.15, 0.2) is 5.82 Å². The summed E-state index contributed by atoms with van der Waals surface area (Å²) in [4.78, 5) is 14.8. The second-order valence-corrected chi connectivity index (χ2v) is 7.17. The van der Waals surface area contributed by atoms with Crippen LogP contribution in [0, 0.1) is 0 Å². The largest absolute Gasteiger partial charge is 0.497 e. The van der Waals surface area contributed by atoms with Crippen molar-refractivity contribution in [1.82, 2.24) is 9.78 Å². The van der Waals surface area contributed by atoms with Crippen LogP contribution in [0.15, 0.2) is 54.7 Å². The summed E-state index contributed by atoms with van der Waals surface area (Å²) < 4.78 is 17.6. The lowest BCUT2D eigenvalue weighted by atomic mass is 10.1. The molecule has 1 saturated heterocycles. The van der Waals surface area contributed by atoms with E-state index in [4.69, 9.17) is 19.3 Å². The van der Waals surface area contributed by atoms with Crippen LogP contribution in [0.5, 0.6) is 11.5 Å². The molecule has 0 unspecified atom stereocenters. The van der Waals surface area contributed by atoms with E-state index < -0.39 is 0 Å². The number of carbonyl (C=O) groups is 1. The van der Waals surface area contributed by atoms with E-state index in [-0.39, 0.29) is 12.5 Å². The van der Waals surface area contributed by atoms with Gasteiger partial charge in [-0.2, -0.15) is 5.10 Å². The number of anilines is 2. The lowest BCUT2D eigenvalue weighted by Gasteiger charge is -2.27. The van der Waals surface area contributed by atoms with Gasteiger partial charge >= 0.3 is 0 Å². The molecule has 0 atom stereocenters. The Kier molecular flexibility index (Phi) is 6.37. The SMILES string of the molecule is COc1ccc(NC(=O)Cn2cc(-c3ccc(OC)cc3)c(N3CCOCC3)n2)cc1. The molecule has 1 aromatic heterocycles. The van der Waals surface area contributed by atoms with Gasteiger partial charge in [0.05, 0.1) is 27.4 Å². The summed E-state index contributed by atoms with van der Waals surface area (Å²) in [5.41, 5.74) is 2.70. The van der Waals surface area contributed by atoms with Crippen molar-refractivity contribution in [2.45, 2.75) is 6.54 Å². The third-order valence-electron chi connectivity index (χ3n) is 5.13. The quantitative estimate of drug-likeness (QED) is 0.631. The third-order valence-corrected chi connectivity index (χ3v) is 5.13. The molecular formula is C23H26N4O4. The molecule has 1 N–H and O–H groups in total. The minimum Gasteiger partial charge on any atom is -0.497 e. The zero-order valence-electron chi connectivity index (χ0n) is 17.7. The highest BCUT2D eigenvalue weighted by atomic mass is 16.5. The highest BCUT2D eigenvalue weighted by molar-refractivity contribution is 5.90. The molecule has 162 valence electrons. The zero-order valence-corrected chi connectivity index (χ0v) is 17.7. The molecule has 1 fully saturated rings. The number of nitrogens with zero attached hydrogens (tertiary/aromatic N) is 3. The Labute approximate surface area is 181 Å². The minimum atomic E-state index is -0.150. The Morgan fingerprint density at radius 1 is 1.00 bits per heavy atom. The maximum atomic E-state index is 12.6. The molecule has 4 rings (SSSR count). The maximum Gasteiger partial charge on any atom is 0.246 e. The molecule has 1 amide bonds. The number of rotatable bonds is 7. The lowest BCUT2D eigenvalue weighted by Crippen LogP contribution is -2.36. The van der Waals surface area contributed by atoms with E-state index in [0.29, 0.717) is 18.9 Å². The molecule has 0 saturated carbocycles. The van der Waals surface area contributed by atoms with E-state index in [1.165, 1.54) is 0 Å². The van der Waals surface area contributed by atoms with E-state index in [2.05, 4.69) is 10.2 Å². The second-order valence-electron chi connectivity index (χ2n) is 7.17. The number of amides is 1.